The first kappa shape index (κ1) is 8.20. The average Bonchev–Trinajstić information content (AvgIpc) is 2.69. The van der Waals surface area contributed by atoms with Crippen molar-refractivity contribution in [3.05, 3.63) is 52.5 Å². The van der Waals surface area contributed by atoms with E-state index in [0.29, 0.717) is 0 Å². The maximum absolute atomic E-state index is 4.04. The van der Waals surface area contributed by atoms with Crippen molar-refractivity contribution in [1.29, 1.82) is 0 Å². The molecule has 0 atom stereocenters. The Morgan fingerprint density at radius 1 is 1.15 bits per heavy atom. The van der Waals surface area contributed by atoms with E-state index in [-0.39, 0.29) is 0 Å². The minimum absolute atomic E-state index is 1.13. The third kappa shape index (κ3) is 2.26. The number of aromatic nitrogens is 1. The Balaban J connectivity index is 2.15. The standard InChI is InChI=1S/C11H9NS/c1-2-10(8-12-6-1)3-4-11-5-7-13-9-11/h1-9H/b4-3+. The van der Waals surface area contributed by atoms with E-state index in [1.165, 1.54) is 5.56 Å². The van der Waals surface area contributed by atoms with Gasteiger partial charge in [-0.2, -0.15) is 11.3 Å². The zero-order valence-corrected chi connectivity index (χ0v) is 7.87. The van der Waals surface area contributed by atoms with Crippen LogP contribution in [-0.2, 0) is 0 Å². The minimum atomic E-state index is 1.13. The fraction of sp³-hybridized carbons (Fsp3) is 0. The highest BCUT2D eigenvalue weighted by atomic mass is 32.1. The van der Waals surface area contributed by atoms with Gasteiger partial charge >= 0.3 is 0 Å². The lowest BCUT2D eigenvalue weighted by molar-refractivity contribution is 1.32. The van der Waals surface area contributed by atoms with Gasteiger partial charge in [0.05, 0.1) is 0 Å². The predicted molar refractivity (Wildman–Crippen MR) is 57.5 cm³/mol. The monoisotopic (exact) mass is 187 g/mol. The Morgan fingerprint density at radius 3 is 2.77 bits per heavy atom. The Morgan fingerprint density at radius 2 is 2.08 bits per heavy atom. The first-order valence-corrected chi connectivity index (χ1v) is 5.00. The molecule has 0 saturated heterocycles. The molecule has 0 aliphatic heterocycles. The van der Waals surface area contributed by atoms with Crippen LogP contribution in [0.4, 0.5) is 0 Å². The van der Waals surface area contributed by atoms with E-state index in [1.807, 2.05) is 18.3 Å². The van der Waals surface area contributed by atoms with Crippen LogP contribution in [0.25, 0.3) is 12.2 Å². The summed E-state index contributed by atoms with van der Waals surface area (Å²) in [4.78, 5) is 4.04. The van der Waals surface area contributed by atoms with Crippen molar-refractivity contribution in [2.24, 2.45) is 0 Å². The van der Waals surface area contributed by atoms with E-state index >= 15 is 0 Å². The fourth-order valence-corrected chi connectivity index (χ4v) is 1.67. The van der Waals surface area contributed by atoms with E-state index in [0.717, 1.165) is 5.56 Å². The number of nitrogens with zero attached hydrogens (tertiary/aromatic N) is 1. The van der Waals surface area contributed by atoms with Gasteiger partial charge in [-0.1, -0.05) is 18.2 Å². The summed E-state index contributed by atoms with van der Waals surface area (Å²) in [5, 5.41) is 4.19. The van der Waals surface area contributed by atoms with Gasteiger partial charge in [-0.15, -0.1) is 0 Å². The molecule has 0 fully saturated rings. The minimum Gasteiger partial charge on any atom is -0.264 e. The highest BCUT2D eigenvalue weighted by Gasteiger charge is 1.86. The molecule has 0 spiro atoms. The smallest absolute Gasteiger partial charge is 0.0340 e. The van der Waals surface area contributed by atoms with Gasteiger partial charge in [0.1, 0.15) is 0 Å². The number of hydrogen-bond donors (Lipinski definition) is 0. The van der Waals surface area contributed by atoms with Gasteiger partial charge in [0.2, 0.25) is 0 Å². The summed E-state index contributed by atoms with van der Waals surface area (Å²) in [5.41, 5.74) is 2.38. The van der Waals surface area contributed by atoms with E-state index in [9.17, 15) is 0 Å². The van der Waals surface area contributed by atoms with Crippen molar-refractivity contribution in [2.45, 2.75) is 0 Å². The molecule has 2 heterocycles. The maximum atomic E-state index is 4.04. The molecule has 0 aliphatic carbocycles. The summed E-state index contributed by atoms with van der Waals surface area (Å²) in [6.07, 6.45) is 7.79. The van der Waals surface area contributed by atoms with Gasteiger partial charge < -0.3 is 0 Å². The molecule has 2 aromatic heterocycles. The van der Waals surface area contributed by atoms with Gasteiger partial charge in [0.15, 0.2) is 0 Å². The van der Waals surface area contributed by atoms with Crippen molar-refractivity contribution in [3.8, 4) is 0 Å². The van der Waals surface area contributed by atoms with Crippen LogP contribution in [0.5, 0.6) is 0 Å². The molecular formula is C11H9NS. The zero-order chi connectivity index (χ0) is 8.93. The highest BCUT2D eigenvalue weighted by molar-refractivity contribution is 7.08. The number of hydrogen-bond acceptors (Lipinski definition) is 2. The zero-order valence-electron chi connectivity index (χ0n) is 7.05. The molecule has 2 rings (SSSR count). The lowest BCUT2D eigenvalue weighted by Crippen LogP contribution is -1.72. The molecule has 0 unspecified atom stereocenters. The Labute approximate surface area is 81.4 Å². The van der Waals surface area contributed by atoms with Gasteiger partial charge in [0.25, 0.3) is 0 Å². The van der Waals surface area contributed by atoms with E-state index in [4.69, 9.17) is 0 Å². The molecule has 13 heavy (non-hydrogen) atoms. The summed E-state index contributed by atoms with van der Waals surface area (Å²) < 4.78 is 0. The average molecular weight is 187 g/mol. The summed E-state index contributed by atoms with van der Waals surface area (Å²) in [6, 6.07) is 6.07. The third-order valence-electron chi connectivity index (χ3n) is 1.70. The largest absolute Gasteiger partial charge is 0.264 e. The van der Waals surface area contributed by atoms with Crippen molar-refractivity contribution < 1.29 is 0 Å². The van der Waals surface area contributed by atoms with E-state index < -0.39 is 0 Å². The normalized spacial score (nSPS) is 10.8. The highest BCUT2D eigenvalue weighted by Crippen LogP contribution is 2.10. The SMILES string of the molecule is C(=C\c1ccsc1)/c1cccnc1. The lowest BCUT2D eigenvalue weighted by Gasteiger charge is -1.88. The Bertz CT molecular complexity index is 376. The fourth-order valence-electron chi connectivity index (χ4n) is 1.04. The van der Waals surface area contributed by atoms with Crippen molar-refractivity contribution in [1.82, 2.24) is 4.98 Å². The molecule has 0 N–H and O–H groups in total. The maximum Gasteiger partial charge on any atom is 0.0340 e. The molecule has 0 saturated carbocycles. The van der Waals surface area contributed by atoms with Crippen LogP contribution in [0.15, 0.2) is 41.4 Å². The van der Waals surface area contributed by atoms with Gasteiger partial charge in [-0.25, -0.2) is 0 Å². The summed E-state index contributed by atoms with van der Waals surface area (Å²) in [6.45, 7) is 0. The molecule has 0 radical (unpaired) electrons. The molecule has 0 aliphatic rings. The number of thiophene rings is 1. The van der Waals surface area contributed by atoms with Crippen molar-refractivity contribution in [3.63, 3.8) is 0 Å². The van der Waals surface area contributed by atoms with Crippen molar-refractivity contribution in [2.75, 3.05) is 0 Å². The first-order valence-electron chi connectivity index (χ1n) is 4.05. The van der Waals surface area contributed by atoms with Crippen LogP contribution in [0, 0.1) is 0 Å². The summed E-state index contributed by atoms with van der Waals surface area (Å²) >= 11 is 1.71. The molecule has 64 valence electrons. The van der Waals surface area contributed by atoms with E-state index in [2.05, 4.69) is 34.0 Å². The molecule has 0 bridgehead atoms. The Hall–Kier alpha value is -1.41. The number of rotatable bonds is 2. The molecule has 0 aromatic carbocycles. The second-order valence-electron chi connectivity index (χ2n) is 2.68. The van der Waals surface area contributed by atoms with Gasteiger partial charge in [0, 0.05) is 12.4 Å². The molecule has 2 heteroatoms. The third-order valence-corrected chi connectivity index (χ3v) is 2.40. The van der Waals surface area contributed by atoms with Crippen LogP contribution >= 0.6 is 11.3 Å². The van der Waals surface area contributed by atoms with Crippen LogP contribution in [0.2, 0.25) is 0 Å². The molecule has 1 nitrogen and oxygen atoms in total. The number of pyridine rings is 1. The quantitative estimate of drug-likeness (QED) is 0.702. The summed E-state index contributed by atoms with van der Waals surface area (Å²) in [5.74, 6) is 0. The molecule has 2 aromatic rings. The predicted octanol–water partition coefficient (Wildman–Crippen LogP) is 3.31. The second-order valence-corrected chi connectivity index (χ2v) is 3.46. The van der Waals surface area contributed by atoms with Crippen molar-refractivity contribution >= 4 is 23.5 Å². The van der Waals surface area contributed by atoms with Gasteiger partial charge in [-0.05, 0) is 34.0 Å². The van der Waals surface area contributed by atoms with Gasteiger partial charge in [-0.3, -0.25) is 4.98 Å². The lowest BCUT2D eigenvalue weighted by atomic mass is 10.2. The van der Waals surface area contributed by atoms with Crippen LogP contribution < -0.4 is 0 Å². The van der Waals surface area contributed by atoms with Crippen LogP contribution in [-0.4, -0.2) is 4.98 Å². The molecule has 0 amide bonds. The summed E-state index contributed by atoms with van der Waals surface area (Å²) in [7, 11) is 0. The topological polar surface area (TPSA) is 12.9 Å². The van der Waals surface area contributed by atoms with Crippen LogP contribution in [0.3, 0.4) is 0 Å². The second kappa shape index (κ2) is 4.01. The molecular weight excluding hydrogens is 178 g/mol. The first-order chi connectivity index (χ1) is 6.45. The Kier molecular flexibility index (Phi) is 2.53. The van der Waals surface area contributed by atoms with E-state index in [1.54, 1.807) is 17.5 Å². The van der Waals surface area contributed by atoms with Crippen LogP contribution in [0.1, 0.15) is 11.1 Å².